The number of hydrogen-bond acceptors (Lipinski definition) is 5. The van der Waals surface area contributed by atoms with Crippen LogP contribution >= 0.6 is 11.3 Å². The monoisotopic (exact) mass is 434 g/mol. The third-order valence-corrected chi connectivity index (χ3v) is 7.59. The molecule has 6 nitrogen and oxygen atoms in total. The number of carbonyl (C=O) groups excluding carboxylic acids is 2. The second kappa shape index (κ2) is 8.40. The average molecular weight is 435 g/mol. The fraction of sp³-hybridized carbons (Fsp3) is 0.375. The summed E-state index contributed by atoms with van der Waals surface area (Å²) in [5.41, 5.74) is 9.44. The van der Waals surface area contributed by atoms with E-state index in [0.717, 1.165) is 54.8 Å². The van der Waals surface area contributed by atoms with Gasteiger partial charge < -0.3 is 10.6 Å². The van der Waals surface area contributed by atoms with Crippen LogP contribution in [0.5, 0.6) is 0 Å². The predicted octanol–water partition coefficient (Wildman–Crippen LogP) is 3.51. The highest BCUT2D eigenvalue weighted by Gasteiger charge is 2.32. The molecule has 4 heterocycles. The van der Waals surface area contributed by atoms with E-state index in [1.54, 1.807) is 6.20 Å². The number of thiophene rings is 1. The largest absolute Gasteiger partial charge is 0.365 e. The fourth-order valence-corrected chi connectivity index (χ4v) is 6.02. The van der Waals surface area contributed by atoms with Gasteiger partial charge in [-0.15, -0.1) is 11.3 Å². The second-order valence-electron chi connectivity index (χ2n) is 8.47. The Bertz CT molecular complexity index is 1120. The van der Waals surface area contributed by atoms with Gasteiger partial charge in [0.1, 0.15) is 4.83 Å². The zero-order valence-electron chi connectivity index (χ0n) is 17.4. The van der Waals surface area contributed by atoms with Gasteiger partial charge in [0.25, 0.3) is 5.91 Å². The SMILES string of the molecule is NC(=O)c1sc2ncccc2c1C1CCN(C(=O)CCCN2Cc3ccccc3C2)C1. The van der Waals surface area contributed by atoms with E-state index in [1.165, 1.54) is 22.5 Å². The molecule has 0 aliphatic carbocycles. The lowest BCUT2D eigenvalue weighted by atomic mass is 9.95. The van der Waals surface area contributed by atoms with Gasteiger partial charge in [-0.25, -0.2) is 4.98 Å². The molecule has 160 valence electrons. The molecule has 0 radical (unpaired) electrons. The number of nitrogens with two attached hydrogens (primary N) is 1. The number of aromatic nitrogens is 1. The Balaban J connectivity index is 1.19. The molecular weight excluding hydrogens is 408 g/mol. The van der Waals surface area contributed by atoms with Crippen molar-refractivity contribution in [1.29, 1.82) is 0 Å². The minimum Gasteiger partial charge on any atom is -0.365 e. The molecule has 1 fully saturated rings. The molecule has 0 bridgehead atoms. The number of rotatable bonds is 6. The van der Waals surface area contributed by atoms with Crippen molar-refractivity contribution in [2.45, 2.75) is 38.3 Å². The van der Waals surface area contributed by atoms with Crippen LogP contribution < -0.4 is 5.73 Å². The van der Waals surface area contributed by atoms with E-state index < -0.39 is 5.91 Å². The van der Waals surface area contributed by atoms with Gasteiger partial charge in [-0.1, -0.05) is 30.3 Å². The number of likely N-dealkylation sites (tertiary alicyclic amines) is 1. The number of amides is 2. The van der Waals surface area contributed by atoms with Crippen LogP contribution in [0.15, 0.2) is 42.6 Å². The smallest absolute Gasteiger partial charge is 0.259 e. The van der Waals surface area contributed by atoms with E-state index in [0.29, 0.717) is 17.8 Å². The number of nitrogens with zero attached hydrogens (tertiary/aromatic N) is 3. The van der Waals surface area contributed by atoms with Crippen molar-refractivity contribution in [3.05, 3.63) is 64.2 Å². The quantitative estimate of drug-likeness (QED) is 0.644. The van der Waals surface area contributed by atoms with Crippen LogP contribution in [0.1, 0.15) is 51.5 Å². The topological polar surface area (TPSA) is 79.5 Å². The summed E-state index contributed by atoms with van der Waals surface area (Å²) in [6.45, 7) is 4.27. The van der Waals surface area contributed by atoms with Crippen molar-refractivity contribution in [3.8, 4) is 0 Å². The van der Waals surface area contributed by atoms with Crippen molar-refractivity contribution in [1.82, 2.24) is 14.8 Å². The molecule has 2 aliphatic rings. The summed E-state index contributed by atoms with van der Waals surface area (Å²) in [4.78, 5) is 35.0. The summed E-state index contributed by atoms with van der Waals surface area (Å²) in [6, 6.07) is 12.4. The Morgan fingerprint density at radius 2 is 1.90 bits per heavy atom. The molecule has 1 aromatic carbocycles. The lowest BCUT2D eigenvalue weighted by Crippen LogP contribution is -2.29. The van der Waals surface area contributed by atoms with Crippen LogP contribution in [-0.2, 0) is 17.9 Å². The predicted molar refractivity (Wildman–Crippen MR) is 122 cm³/mol. The lowest BCUT2D eigenvalue weighted by Gasteiger charge is -2.19. The van der Waals surface area contributed by atoms with Gasteiger partial charge in [0.05, 0.1) is 4.88 Å². The van der Waals surface area contributed by atoms with Gasteiger partial charge in [-0.3, -0.25) is 14.5 Å². The zero-order valence-corrected chi connectivity index (χ0v) is 18.2. The Morgan fingerprint density at radius 1 is 1.13 bits per heavy atom. The Labute approximate surface area is 185 Å². The first-order valence-corrected chi connectivity index (χ1v) is 11.7. The van der Waals surface area contributed by atoms with Crippen LogP contribution in [0.4, 0.5) is 0 Å². The number of fused-ring (bicyclic) bond motifs is 2. The molecule has 7 heteroatoms. The molecule has 31 heavy (non-hydrogen) atoms. The molecule has 1 saturated heterocycles. The van der Waals surface area contributed by atoms with E-state index in [2.05, 4.69) is 34.1 Å². The number of primary amides is 1. The third-order valence-electron chi connectivity index (χ3n) is 6.45. The van der Waals surface area contributed by atoms with Crippen molar-refractivity contribution in [2.75, 3.05) is 19.6 Å². The maximum Gasteiger partial charge on any atom is 0.259 e. The van der Waals surface area contributed by atoms with E-state index >= 15 is 0 Å². The first-order valence-electron chi connectivity index (χ1n) is 10.8. The van der Waals surface area contributed by atoms with Gasteiger partial charge >= 0.3 is 0 Å². The summed E-state index contributed by atoms with van der Waals surface area (Å²) < 4.78 is 0. The average Bonchev–Trinajstić information content (AvgIpc) is 3.49. The Hall–Kier alpha value is -2.77. The number of pyridine rings is 1. The van der Waals surface area contributed by atoms with Crippen LogP contribution in [0, 0.1) is 0 Å². The molecule has 5 rings (SSSR count). The standard InChI is InChI=1S/C24H26N4O2S/c25-23(30)22-21(19-7-3-10-26-24(19)31-22)18-9-12-28(15-18)20(29)8-4-11-27-13-16-5-1-2-6-17(16)14-27/h1-3,5-7,10,18H,4,8-9,11-15H2,(H2,25,30). The van der Waals surface area contributed by atoms with E-state index in [4.69, 9.17) is 5.73 Å². The maximum absolute atomic E-state index is 12.8. The van der Waals surface area contributed by atoms with Crippen LogP contribution in [-0.4, -0.2) is 46.2 Å². The van der Waals surface area contributed by atoms with Gasteiger partial charge in [-0.2, -0.15) is 0 Å². The number of hydrogen-bond donors (Lipinski definition) is 1. The summed E-state index contributed by atoms with van der Waals surface area (Å²) in [5, 5.41) is 0.995. The summed E-state index contributed by atoms with van der Waals surface area (Å²) in [6.07, 6.45) is 4.02. The lowest BCUT2D eigenvalue weighted by molar-refractivity contribution is -0.130. The van der Waals surface area contributed by atoms with Gasteiger partial charge in [0.2, 0.25) is 5.91 Å². The first kappa shape index (κ1) is 20.2. The highest BCUT2D eigenvalue weighted by molar-refractivity contribution is 7.20. The van der Waals surface area contributed by atoms with E-state index in [-0.39, 0.29) is 11.8 Å². The van der Waals surface area contributed by atoms with Crippen LogP contribution in [0.3, 0.4) is 0 Å². The summed E-state index contributed by atoms with van der Waals surface area (Å²) in [7, 11) is 0. The highest BCUT2D eigenvalue weighted by atomic mass is 32.1. The summed E-state index contributed by atoms with van der Waals surface area (Å²) in [5.74, 6) is -0.0654. The van der Waals surface area contributed by atoms with Gasteiger partial charge in [0, 0.05) is 50.1 Å². The minimum atomic E-state index is -0.408. The van der Waals surface area contributed by atoms with Crippen LogP contribution in [0.2, 0.25) is 0 Å². The molecule has 2 amide bonds. The third kappa shape index (κ3) is 3.95. The molecule has 1 atom stereocenters. The summed E-state index contributed by atoms with van der Waals surface area (Å²) >= 11 is 1.36. The van der Waals surface area contributed by atoms with E-state index in [9.17, 15) is 9.59 Å². The second-order valence-corrected chi connectivity index (χ2v) is 9.47. The minimum absolute atomic E-state index is 0.137. The molecule has 1 unspecified atom stereocenters. The van der Waals surface area contributed by atoms with Crippen molar-refractivity contribution >= 4 is 33.4 Å². The highest BCUT2D eigenvalue weighted by Crippen LogP contribution is 2.39. The maximum atomic E-state index is 12.8. The fourth-order valence-electron chi connectivity index (χ4n) is 4.94. The molecule has 0 spiro atoms. The van der Waals surface area contributed by atoms with E-state index in [1.807, 2.05) is 17.0 Å². The normalized spacial score (nSPS) is 18.6. The molecule has 3 aromatic rings. The molecule has 2 aromatic heterocycles. The first-order chi connectivity index (χ1) is 15.1. The zero-order chi connectivity index (χ0) is 21.4. The Morgan fingerprint density at radius 3 is 2.65 bits per heavy atom. The molecule has 0 saturated carbocycles. The van der Waals surface area contributed by atoms with Crippen molar-refractivity contribution in [3.63, 3.8) is 0 Å². The Kier molecular flexibility index (Phi) is 5.46. The molecule has 2 aliphatic heterocycles. The number of carbonyl (C=O) groups is 2. The van der Waals surface area contributed by atoms with Crippen molar-refractivity contribution < 1.29 is 9.59 Å². The number of benzene rings is 1. The van der Waals surface area contributed by atoms with Gasteiger partial charge in [0.15, 0.2) is 0 Å². The molecular formula is C24H26N4O2S. The van der Waals surface area contributed by atoms with Crippen molar-refractivity contribution in [2.24, 2.45) is 5.73 Å². The molecule has 2 N–H and O–H groups in total. The van der Waals surface area contributed by atoms with Gasteiger partial charge in [-0.05, 0) is 42.1 Å². The van der Waals surface area contributed by atoms with Crippen LogP contribution in [0.25, 0.3) is 10.2 Å².